The predicted octanol–water partition coefficient (Wildman–Crippen LogP) is 8.86. The van der Waals surface area contributed by atoms with Gasteiger partial charge in [0.05, 0.1) is 11.4 Å². The van der Waals surface area contributed by atoms with Crippen molar-refractivity contribution >= 4 is 69.8 Å². The van der Waals surface area contributed by atoms with Crippen molar-refractivity contribution in [3.05, 3.63) is 127 Å². The summed E-state index contributed by atoms with van der Waals surface area (Å²) < 4.78 is 6.07. The van der Waals surface area contributed by atoms with Gasteiger partial charge in [-0.3, -0.25) is 19.4 Å². The summed E-state index contributed by atoms with van der Waals surface area (Å²) >= 11 is 18.6. The summed E-state index contributed by atoms with van der Waals surface area (Å²) in [6.45, 7) is 10.4. The van der Waals surface area contributed by atoms with Crippen LogP contribution in [-0.4, -0.2) is 16.9 Å². The molecule has 2 amide bonds. The number of hydrogen-bond acceptors (Lipinski definition) is 4. The molecule has 4 aromatic carbocycles. The van der Waals surface area contributed by atoms with E-state index in [9.17, 15) is 9.59 Å². The van der Waals surface area contributed by atoms with Gasteiger partial charge in [-0.15, -0.1) is 0 Å². The smallest absolute Gasteiger partial charge is 0.270 e. The molecular weight excluding hydrogens is 599 g/mol. The second-order valence-electron chi connectivity index (χ2n) is 10.7. The highest BCUT2D eigenvalue weighted by atomic mass is 35.5. The van der Waals surface area contributed by atoms with E-state index in [1.807, 2.05) is 38.1 Å². The van der Waals surface area contributed by atoms with Gasteiger partial charge < -0.3 is 4.74 Å². The highest BCUT2D eigenvalue weighted by molar-refractivity contribution is 7.81. The number of anilines is 2. The third-order valence-corrected chi connectivity index (χ3v) is 8.67. The lowest BCUT2D eigenvalue weighted by atomic mass is 10.0. The minimum absolute atomic E-state index is 0.0115. The van der Waals surface area contributed by atoms with Crippen molar-refractivity contribution in [2.24, 2.45) is 0 Å². The molecule has 0 aromatic heterocycles. The van der Waals surface area contributed by atoms with Gasteiger partial charge in [0.1, 0.15) is 17.9 Å². The van der Waals surface area contributed by atoms with Crippen molar-refractivity contribution in [1.82, 2.24) is 0 Å². The van der Waals surface area contributed by atoms with E-state index in [0.717, 1.165) is 16.7 Å². The third-order valence-electron chi connectivity index (χ3n) is 7.49. The maximum absolute atomic E-state index is 13.9. The standard InChI is InChI=1S/C35H30Cl2N2O3S/c1-20-14-23(4)30(24(5)15-20)19-42-28-12-8-25(9-13-28)16-29-33(40)38(26-10-6-21(2)31(36)17-26)35(43)39(34(29)41)27-11-7-22(3)32(37)18-27/h6-18H,19H2,1-5H3. The van der Waals surface area contributed by atoms with Crippen LogP contribution in [0.1, 0.15) is 38.9 Å². The summed E-state index contributed by atoms with van der Waals surface area (Å²) in [6, 6.07) is 22.0. The molecule has 0 aliphatic carbocycles. The van der Waals surface area contributed by atoms with E-state index < -0.39 is 11.8 Å². The lowest BCUT2D eigenvalue weighted by Gasteiger charge is -2.36. The van der Waals surface area contributed by atoms with Crippen LogP contribution in [0.25, 0.3) is 6.08 Å². The predicted molar refractivity (Wildman–Crippen MR) is 179 cm³/mol. The van der Waals surface area contributed by atoms with Gasteiger partial charge in [-0.1, -0.05) is 65.2 Å². The van der Waals surface area contributed by atoms with E-state index in [1.165, 1.54) is 26.5 Å². The average Bonchev–Trinajstić information content (AvgIpc) is 2.95. The number of benzene rings is 4. The SMILES string of the molecule is Cc1cc(C)c(COc2ccc(C=C3C(=O)N(c4ccc(C)c(Cl)c4)C(=S)N(c4ccc(C)c(Cl)c4)C3=O)cc2)c(C)c1. The minimum atomic E-state index is -0.546. The first kappa shape index (κ1) is 30.5. The number of ether oxygens (including phenoxy) is 1. The second-order valence-corrected chi connectivity index (χ2v) is 11.9. The number of thiocarbonyl (C=S) groups is 1. The Morgan fingerprint density at radius 3 is 1.65 bits per heavy atom. The van der Waals surface area contributed by atoms with Crippen LogP contribution in [0.3, 0.4) is 0 Å². The number of halogens is 2. The Morgan fingerprint density at radius 1 is 0.698 bits per heavy atom. The monoisotopic (exact) mass is 628 g/mol. The lowest BCUT2D eigenvalue weighted by Crippen LogP contribution is -2.57. The van der Waals surface area contributed by atoms with Gasteiger partial charge in [-0.25, -0.2) is 0 Å². The zero-order valence-electron chi connectivity index (χ0n) is 24.5. The van der Waals surface area contributed by atoms with Crippen molar-refractivity contribution < 1.29 is 14.3 Å². The third kappa shape index (κ3) is 6.23. The second kappa shape index (κ2) is 12.3. The molecule has 1 fully saturated rings. The molecule has 8 heteroatoms. The van der Waals surface area contributed by atoms with Crippen LogP contribution in [0.2, 0.25) is 10.0 Å². The van der Waals surface area contributed by atoms with E-state index in [2.05, 4.69) is 32.9 Å². The number of aryl methyl sites for hydroxylation is 5. The van der Waals surface area contributed by atoms with E-state index in [4.69, 9.17) is 40.2 Å². The van der Waals surface area contributed by atoms with E-state index >= 15 is 0 Å². The Bertz CT molecular complexity index is 1720. The maximum Gasteiger partial charge on any atom is 0.270 e. The summed E-state index contributed by atoms with van der Waals surface area (Å²) in [5, 5.41) is 0.969. The Hall–Kier alpha value is -3.97. The zero-order chi connectivity index (χ0) is 31.0. The highest BCUT2D eigenvalue weighted by Crippen LogP contribution is 2.33. The first-order chi connectivity index (χ1) is 20.4. The van der Waals surface area contributed by atoms with Crippen molar-refractivity contribution in [2.75, 3.05) is 9.80 Å². The zero-order valence-corrected chi connectivity index (χ0v) is 26.8. The summed E-state index contributed by atoms with van der Waals surface area (Å²) in [4.78, 5) is 30.4. The quantitative estimate of drug-likeness (QED) is 0.122. The van der Waals surface area contributed by atoms with Crippen molar-refractivity contribution in [2.45, 2.75) is 41.2 Å². The molecule has 1 aliphatic heterocycles. The molecule has 4 aromatic rings. The topological polar surface area (TPSA) is 49.9 Å². The van der Waals surface area contributed by atoms with E-state index in [-0.39, 0.29) is 10.7 Å². The fraction of sp³-hybridized carbons (Fsp3) is 0.171. The van der Waals surface area contributed by atoms with Crippen LogP contribution in [-0.2, 0) is 16.2 Å². The van der Waals surface area contributed by atoms with Gasteiger partial charge in [-0.05, 0) is 123 Å². The first-order valence-electron chi connectivity index (χ1n) is 13.7. The number of carbonyl (C=O) groups excluding carboxylic acids is 2. The first-order valence-corrected chi connectivity index (χ1v) is 14.9. The Balaban J connectivity index is 1.49. The van der Waals surface area contributed by atoms with E-state index in [1.54, 1.807) is 42.5 Å². The van der Waals surface area contributed by atoms with Crippen LogP contribution in [0.4, 0.5) is 11.4 Å². The fourth-order valence-electron chi connectivity index (χ4n) is 5.05. The van der Waals surface area contributed by atoms with Crippen LogP contribution >= 0.6 is 35.4 Å². The molecule has 0 saturated carbocycles. The summed E-state index contributed by atoms with van der Waals surface area (Å²) in [7, 11) is 0. The van der Waals surface area contributed by atoms with Crippen LogP contribution in [0, 0.1) is 34.6 Å². The van der Waals surface area contributed by atoms with E-state index in [0.29, 0.717) is 39.3 Å². The lowest BCUT2D eigenvalue weighted by molar-refractivity contribution is -0.120. The molecular formula is C35H30Cl2N2O3S. The molecule has 0 atom stereocenters. The van der Waals surface area contributed by atoms with Crippen LogP contribution < -0.4 is 14.5 Å². The van der Waals surface area contributed by atoms with Gasteiger partial charge >= 0.3 is 0 Å². The molecule has 0 bridgehead atoms. The maximum atomic E-state index is 13.9. The molecule has 43 heavy (non-hydrogen) atoms. The molecule has 5 nitrogen and oxygen atoms in total. The van der Waals surface area contributed by atoms with Gasteiger partial charge in [0, 0.05) is 10.0 Å². The van der Waals surface area contributed by atoms with Crippen LogP contribution in [0.5, 0.6) is 5.75 Å². The average molecular weight is 630 g/mol. The molecule has 1 saturated heterocycles. The van der Waals surface area contributed by atoms with Crippen molar-refractivity contribution in [1.29, 1.82) is 0 Å². The number of hydrogen-bond donors (Lipinski definition) is 0. The molecule has 0 N–H and O–H groups in total. The number of amides is 2. The van der Waals surface area contributed by atoms with Crippen molar-refractivity contribution in [3.63, 3.8) is 0 Å². The number of rotatable bonds is 6. The minimum Gasteiger partial charge on any atom is -0.489 e. The molecule has 0 unspecified atom stereocenters. The van der Waals surface area contributed by atoms with Gasteiger partial charge in [0.25, 0.3) is 11.8 Å². The Kier molecular flexibility index (Phi) is 8.74. The van der Waals surface area contributed by atoms with Crippen LogP contribution in [0.15, 0.2) is 78.4 Å². The number of nitrogens with zero attached hydrogens (tertiary/aromatic N) is 2. The molecule has 1 aliphatic rings. The number of carbonyl (C=O) groups is 2. The largest absolute Gasteiger partial charge is 0.489 e. The molecule has 1 heterocycles. The molecule has 218 valence electrons. The highest BCUT2D eigenvalue weighted by Gasteiger charge is 2.41. The van der Waals surface area contributed by atoms with Gasteiger partial charge in [0.2, 0.25) is 0 Å². The normalized spacial score (nSPS) is 13.6. The fourth-order valence-corrected chi connectivity index (χ4v) is 5.77. The molecule has 5 rings (SSSR count). The van der Waals surface area contributed by atoms with Gasteiger partial charge in [0.15, 0.2) is 5.11 Å². The summed E-state index contributed by atoms with van der Waals surface area (Å²) in [5.41, 5.74) is 7.96. The summed E-state index contributed by atoms with van der Waals surface area (Å²) in [5.74, 6) is -0.416. The molecule has 0 radical (unpaired) electrons. The summed E-state index contributed by atoms with van der Waals surface area (Å²) in [6.07, 6.45) is 1.57. The van der Waals surface area contributed by atoms with Crippen molar-refractivity contribution in [3.8, 4) is 5.75 Å². The molecule has 0 spiro atoms. The Morgan fingerprint density at radius 2 is 1.19 bits per heavy atom. The van der Waals surface area contributed by atoms with Gasteiger partial charge in [-0.2, -0.15) is 0 Å². The Labute approximate surface area is 267 Å².